The van der Waals surface area contributed by atoms with Gasteiger partial charge in [0.15, 0.2) is 0 Å². The molecular weight excluding hydrogens is 230 g/mol. The molecule has 0 radical (unpaired) electrons. The Morgan fingerprint density at radius 1 is 1.24 bits per heavy atom. The van der Waals surface area contributed by atoms with Crippen LogP contribution in [-0.4, -0.2) is 11.9 Å². The highest BCUT2D eigenvalue weighted by molar-refractivity contribution is 6.18. The molecule has 0 saturated heterocycles. The van der Waals surface area contributed by atoms with Crippen LogP contribution in [0.2, 0.25) is 0 Å². The van der Waals surface area contributed by atoms with Gasteiger partial charge in [-0.1, -0.05) is 25.1 Å². The Hall–Kier alpha value is -0.530. The summed E-state index contributed by atoms with van der Waals surface area (Å²) in [6, 6.07) is 7.40. The summed E-state index contributed by atoms with van der Waals surface area (Å²) in [6.45, 7) is 5.35. The maximum atomic E-state index is 5.87. The van der Waals surface area contributed by atoms with E-state index in [0.29, 0.717) is 12.0 Å². The van der Waals surface area contributed by atoms with Gasteiger partial charge in [-0.05, 0) is 48.8 Å². The molecule has 1 aliphatic rings. The van der Waals surface area contributed by atoms with Gasteiger partial charge in [0.2, 0.25) is 0 Å². The molecule has 0 saturated carbocycles. The van der Waals surface area contributed by atoms with Crippen LogP contribution >= 0.6 is 11.6 Å². The van der Waals surface area contributed by atoms with E-state index in [9.17, 15) is 0 Å². The van der Waals surface area contributed by atoms with E-state index in [1.165, 1.54) is 24.8 Å². The molecule has 0 fully saturated rings. The number of fused-ring (bicyclic) bond motifs is 1. The van der Waals surface area contributed by atoms with Gasteiger partial charge in [-0.3, -0.25) is 0 Å². The van der Waals surface area contributed by atoms with Crippen molar-refractivity contribution in [2.24, 2.45) is 5.92 Å². The van der Waals surface area contributed by atoms with Gasteiger partial charge < -0.3 is 5.32 Å². The Bertz CT molecular complexity index is 375. The van der Waals surface area contributed by atoms with Crippen LogP contribution in [-0.2, 0) is 19.4 Å². The second kappa shape index (κ2) is 5.88. The summed E-state index contributed by atoms with van der Waals surface area (Å²) >= 11 is 5.87. The van der Waals surface area contributed by atoms with Crippen LogP contribution in [0.25, 0.3) is 0 Å². The van der Waals surface area contributed by atoms with Crippen LogP contribution in [0.15, 0.2) is 18.2 Å². The van der Waals surface area contributed by atoms with Crippen LogP contribution in [0.3, 0.4) is 0 Å². The average Bonchev–Trinajstić information content (AvgIpc) is 2.82. The Labute approximate surface area is 110 Å². The third-order valence-corrected chi connectivity index (χ3v) is 4.37. The topological polar surface area (TPSA) is 12.0 Å². The number of hydrogen-bond donors (Lipinski definition) is 1. The lowest BCUT2D eigenvalue weighted by Crippen LogP contribution is -2.32. The first-order valence-electron chi connectivity index (χ1n) is 6.60. The first-order valence-corrected chi connectivity index (χ1v) is 7.14. The van der Waals surface area contributed by atoms with Gasteiger partial charge in [-0.25, -0.2) is 0 Å². The monoisotopic (exact) mass is 251 g/mol. The van der Waals surface area contributed by atoms with E-state index in [1.807, 2.05) is 0 Å². The molecule has 0 aliphatic heterocycles. The molecule has 2 rings (SSSR count). The largest absolute Gasteiger partial charge is 0.310 e. The minimum atomic E-state index is 0.473. The molecule has 2 heteroatoms. The lowest BCUT2D eigenvalue weighted by atomic mass is 10.0. The van der Waals surface area contributed by atoms with Crippen molar-refractivity contribution >= 4 is 11.6 Å². The highest BCUT2D eigenvalue weighted by Gasteiger charge is 2.12. The van der Waals surface area contributed by atoms with E-state index in [1.54, 1.807) is 11.1 Å². The second-order valence-corrected chi connectivity index (χ2v) is 5.57. The molecule has 0 heterocycles. The zero-order valence-electron chi connectivity index (χ0n) is 10.8. The van der Waals surface area contributed by atoms with E-state index in [4.69, 9.17) is 11.6 Å². The number of aryl methyl sites for hydroxylation is 2. The van der Waals surface area contributed by atoms with Gasteiger partial charge in [0, 0.05) is 18.5 Å². The van der Waals surface area contributed by atoms with Crippen molar-refractivity contribution < 1.29 is 0 Å². The zero-order chi connectivity index (χ0) is 12.3. The summed E-state index contributed by atoms with van der Waals surface area (Å²) in [4.78, 5) is 0. The Balaban J connectivity index is 1.91. The predicted molar refractivity (Wildman–Crippen MR) is 74.7 cm³/mol. The van der Waals surface area contributed by atoms with Crippen LogP contribution in [0, 0.1) is 5.92 Å². The number of benzene rings is 1. The van der Waals surface area contributed by atoms with Crippen LogP contribution in [0.1, 0.15) is 37.0 Å². The molecule has 2 unspecified atom stereocenters. The minimum Gasteiger partial charge on any atom is -0.310 e. The molecule has 1 nitrogen and oxygen atoms in total. The molecule has 17 heavy (non-hydrogen) atoms. The Kier molecular flexibility index (Phi) is 4.47. The molecule has 0 amide bonds. The number of hydrogen-bond acceptors (Lipinski definition) is 1. The van der Waals surface area contributed by atoms with Crippen LogP contribution < -0.4 is 5.32 Å². The van der Waals surface area contributed by atoms with E-state index >= 15 is 0 Å². The van der Waals surface area contributed by atoms with Gasteiger partial charge >= 0.3 is 0 Å². The standard InChI is InChI=1S/C15H22ClN/c1-11(9-16)12(2)17-10-13-6-7-14-4-3-5-15(14)8-13/h6-8,11-12,17H,3-5,9-10H2,1-2H3. The number of alkyl halides is 1. The molecule has 0 bridgehead atoms. The molecular formula is C15H22ClN. The SMILES string of the molecule is CC(CCl)C(C)NCc1ccc2c(c1)CCC2. The number of nitrogens with one attached hydrogen (secondary N) is 1. The lowest BCUT2D eigenvalue weighted by Gasteiger charge is -2.19. The fourth-order valence-corrected chi connectivity index (χ4v) is 2.62. The molecule has 2 atom stereocenters. The zero-order valence-corrected chi connectivity index (χ0v) is 11.6. The summed E-state index contributed by atoms with van der Waals surface area (Å²) in [6.07, 6.45) is 3.85. The lowest BCUT2D eigenvalue weighted by molar-refractivity contribution is 0.430. The normalized spacial score (nSPS) is 17.8. The van der Waals surface area contributed by atoms with Crippen molar-refractivity contribution in [2.75, 3.05) is 5.88 Å². The average molecular weight is 252 g/mol. The van der Waals surface area contributed by atoms with Gasteiger partial charge in [-0.15, -0.1) is 11.6 Å². The quantitative estimate of drug-likeness (QED) is 0.790. The Morgan fingerprint density at radius 3 is 2.76 bits per heavy atom. The third kappa shape index (κ3) is 3.23. The molecule has 1 N–H and O–H groups in total. The highest BCUT2D eigenvalue weighted by Crippen LogP contribution is 2.22. The van der Waals surface area contributed by atoms with Gasteiger partial charge in [0.1, 0.15) is 0 Å². The van der Waals surface area contributed by atoms with Crippen molar-refractivity contribution in [1.82, 2.24) is 5.32 Å². The minimum absolute atomic E-state index is 0.473. The molecule has 1 aromatic rings. The molecule has 0 spiro atoms. The maximum absolute atomic E-state index is 5.87. The van der Waals surface area contributed by atoms with Crippen molar-refractivity contribution in [3.63, 3.8) is 0 Å². The van der Waals surface area contributed by atoms with Gasteiger partial charge in [-0.2, -0.15) is 0 Å². The first kappa shape index (κ1) is 12.9. The summed E-state index contributed by atoms with van der Waals surface area (Å²) in [5.74, 6) is 1.24. The summed E-state index contributed by atoms with van der Waals surface area (Å²) < 4.78 is 0. The van der Waals surface area contributed by atoms with Gasteiger partial charge in [0.25, 0.3) is 0 Å². The first-order chi connectivity index (χ1) is 8.20. The fraction of sp³-hybridized carbons (Fsp3) is 0.600. The Morgan fingerprint density at radius 2 is 2.00 bits per heavy atom. The molecule has 0 aromatic heterocycles. The number of halogens is 1. The fourth-order valence-electron chi connectivity index (χ4n) is 2.35. The highest BCUT2D eigenvalue weighted by atomic mass is 35.5. The van der Waals surface area contributed by atoms with Crippen molar-refractivity contribution in [3.05, 3.63) is 34.9 Å². The van der Waals surface area contributed by atoms with E-state index < -0.39 is 0 Å². The second-order valence-electron chi connectivity index (χ2n) is 5.26. The molecule has 94 valence electrons. The molecule has 1 aromatic carbocycles. The third-order valence-electron chi connectivity index (χ3n) is 3.89. The summed E-state index contributed by atoms with van der Waals surface area (Å²) in [5, 5.41) is 3.56. The van der Waals surface area contributed by atoms with Crippen molar-refractivity contribution in [1.29, 1.82) is 0 Å². The summed E-state index contributed by atoms with van der Waals surface area (Å²) in [5.41, 5.74) is 4.51. The smallest absolute Gasteiger partial charge is 0.0263 e. The van der Waals surface area contributed by atoms with Crippen LogP contribution in [0.5, 0.6) is 0 Å². The van der Waals surface area contributed by atoms with Crippen LogP contribution in [0.4, 0.5) is 0 Å². The maximum Gasteiger partial charge on any atom is 0.0263 e. The predicted octanol–water partition coefficient (Wildman–Crippen LogP) is 3.53. The summed E-state index contributed by atoms with van der Waals surface area (Å²) in [7, 11) is 0. The van der Waals surface area contributed by atoms with Crippen molar-refractivity contribution in [2.45, 2.75) is 45.7 Å². The van der Waals surface area contributed by atoms with E-state index in [2.05, 4.69) is 37.4 Å². The number of rotatable bonds is 5. The van der Waals surface area contributed by atoms with Gasteiger partial charge in [0.05, 0.1) is 0 Å². The van der Waals surface area contributed by atoms with Crippen molar-refractivity contribution in [3.8, 4) is 0 Å². The van der Waals surface area contributed by atoms with E-state index in [0.717, 1.165) is 12.4 Å². The molecule has 1 aliphatic carbocycles. The van der Waals surface area contributed by atoms with E-state index in [-0.39, 0.29) is 0 Å².